The van der Waals surface area contributed by atoms with Crippen LogP contribution in [0.1, 0.15) is 57.7 Å². The van der Waals surface area contributed by atoms with Crippen molar-refractivity contribution in [2.45, 2.75) is 50.9 Å². The molecule has 0 radical (unpaired) electrons. The first-order valence-corrected chi connectivity index (χ1v) is 12.6. The smallest absolute Gasteiger partial charge is 0.269 e. The van der Waals surface area contributed by atoms with Gasteiger partial charge in [0, 0.05) is 17.7 Å². The van der Waals surface area contributed by atoms with Gasteiger partial charge in [-0.3, -0.25) is 25.3 Å². The summed E-state index contributed by atoms with van der Waals surface area (Å²) in [6.45, 7) is 5.81. The molecule has 1 fully saturated rings. The van der Waals surface area contributed by atoms with Gasteiger partial charge in [0.05, 0.1) is 19.3 Å². The molecule has 0 aromatic heterocycles. The third-order valence-electron chi connectivity index (χ3n) is 7.59. The van der Waals surface area contributed by atoms with E-state index in [9.17, 15) is 9.59 Å². The van der Waals surface area contributed by atoms with Gasteiger partial charge in [-0.1, -0.05) is 36.4 Å². The lowest BCUT2D eigenvalue weighted by Gasteiger charge is -2.45. The molecule has 3 aromatic carbocycles. The summed E-state index contributed by atoms with van der Waals surface area (Å²) in [5.41, 5.74) is 9.22. The van der Waals surface area contributed by atoms with Crippen molar-refractivity contribution < 1.29 is 19.1 Å². The van der Waals surface area contributed by atoms with Crippen molar-refractivity contribution in [2.24, 2.45) is 0 Å². The molecule has 2 amide bonds. The zero-order valence-corrected chi connectivity index (χ0v) is 21.5. The number of carbonyl (C=O) groups excluding carboxylic acids is 2. The third kappa shape index (κ3) is 5.10. The number of nitrogens with one attached hydrogen (secondary N) is 2. The highest BCUT2D eigenvalue weighted by Gasteiger charge is 2.52. The molecular weight excluding hydrogens is 466 g/mol. The average molecular weight is 500 g/mol. The lowest BCUT2D eigenvalue weighted by atomic mass is 9.76. The topological polar surface area (TPSA) is 79.9 Å². The average Bonchev–Trinajstić information content (AvgIpc) is 3.16. The number of hydrogen-bond acceptors (Lipinski definition) is 5. The SMILES string of the molecule is COc1ccc(C(=O)NNC(=O)c2ccc3c(c2)CCC2(COC(C)(C)N2Cc2ccccc2)C3)cc1. The molecule has 3 aromatic rings. The van der Waals surface area contributed by atoms with Gasteiger partial charge in [-0.25, -0.2) is 0 Å². The van der Waals surface area contributed by atoms with Crippen LogP contribution in [0.2, 0.25) is 0 Å². The first-order valence-electron chi connectivity index (χ1n) is 12.6. The van der Waals surface area contributed by atoms with Crippen LogP contribution in [-0.2, 0) is 24.1 Å². The molecule has 0 saturated carbocycles. The van der Waals surface area contributed by atoms with E-state index in [1.54, 1.807) is 31.4 Å². The van der Waals surface area contributed by atoms with Crippen molar-refractivity contribution in [2.75, 3.05) is 13.7 Å². The Morgan fingerprint density at radius 1 is 0.919 bits per heavy atom. The normalized spacial score (nSPS) is 20.3. The second kappa shape index (κ2) is 10.00. The quantitative estimate of drug-likeness (QED) is 0.513. The van der Waals surface area contributed by atoms with Gasteiger partial charge >= 0.3 is 0 Å². The Hall–Kier alpha value is -3.68. The van der Waals surface area contributed by atoms with Gasteiger partial charge in [0.1, 0.15) is 11.5 Å². The van der Waals surface area contributed by atoms with Crippen molar-refractivity contribution in [3.05, 3.63) is 101 Å². The van der Waals surface area contributed by atoms with Crippen LogP contribution in [0.5, 0.6) is 5.75 Å². The Balaban J connectivity index is 1.26. The second-order valence-electron chi connectivity index (χ2n) is 10.3. The van der Waals surface area contributed by atoms with Gasteiger partial charge in [0.25, 0.3) is 11.8 Å². The monoisotopic (exact) mass is 499 g/mol. The molecule has 192 valence electrons. The molecule has 7 nitrogen and oxygen atoms in total. The Labute approximate surface area is 217 Å². The molecule has 1 spiro atoms. The van der Waals surface area contributed by atoms with Gasteiger partial charge in [-0.15, -0.1) is 0 Å². The standard InChI is InChI=1S/C30H33N3O4/c1-29(2)33(19-21-7-5-4-6-8-21)30(20-37-29)16-15-23-17-24(9-10-25(23)18-30)28(35)32-31-27(34)22-11-13-26(36-3)14-12-22/h4-14,17H,15-16,18-20H2,1-3H3,(H,31,34)(H,32,35). The molecule has 1 atom stereocenters. The maximum absolute atomic E-state index is 12.8. The Kier molecular flexibility index (Phi) is 6.75. The van der Waals surface area contributed by atoms with Crippen LogP contribution < -0.4 is 15.6 Å². The van der Waals surface area contributed by atoms with Crippen molar-refractivity contribution in [1.29, 1.82) is 0 Å². The zero-order valence-electron chi connectivity index (χ0n) is 21.5. The summed E-state index contributed by atoms with van der Waals surface area (Å²) in [5, 5.41) is 0. The fourth-order valence-electron chi connectivity index (χ4n) is 5.50. The second-order valence-corrected chi connectivity index (χ2v) is 10.3. The maximum Gasteiger partial charge on any atom is 0.269 e. The molecule has 37 heavy (non-hydrogen) atoms. The molecule has 1 heterocycles. The van der Waals surface area contributed by atoms with Crippen LogP contribution in [0.4, 0.5) is 0 Å². The third-order valence-corrected chi connectivity index (χ3v) is 7.59. The minimum atomic E-state index is -0.390. The van der Waals surface area contributed by atoms with E-state index in [1.807, 2.05) is 24.3 Å². The lowest BCUT2D eigenvalue weighted by molar-refractivity contribution is -0.0673. The van der Waals surface area contributed by atoms with Gasteiger partial charge in [0.15, 0.2) is 0 Å². The molecule has 2 aliphatic rings. The number of hydrazine groups is 1. The number of aryl methyl sites for hydroxylation is 1. The number of fused-ring (bicyclic) bond motifs is 1. The lowest BCUT2D eigenvalue weighted by Crippen LogP contribution is -2.54. The highest BCUT2D eigenvalue weighted by atomic mass is 16.5. The largest absolute Gasteiger partial charge is 0.497 e. The van der Waals surface area contributed by atoms with E-state index in [2.05, 4.69) is 53.9 Å². The van der Waals surface area contributed by atoms with Crippen LogP contribution in [0.25, 0.3) is 0 Å². The summed E-state index contributed by atoms with van der Waals surface area (Å²) < 4.78 is 11.4. The molecule has 1 unspecified atom stereocenters. The van der Waals surface area contributed by atoms with Crippen molar-refractivity contribution in [1.82, 2.24) is 15.8 Å². The molecule has 2 N–H and O–H groups in total. The van der Waals surface area contributed by atoms with E-state index in [4.69, 9.17) is 9.47 Å². The molecule has 1 aliphatic carbocycles. The van der Waals surface area contributed by atoms with Gasteiger partial charge in [-0.05, 0) is 86.2 Å². The number of ether oxygens (including phenoxy) is 2. The zero-order chi connectivity index (χ0) is 26.0. The number of rotatable bonds is 5. The van der Waals surface area contributed by atoms with Gasteiger partial charge in [-0.2, -0.15) is 0 Å². The van der Waals surface area contributed by atoms with Crippen LogP contribution >= 0.6 is 0 Å². The summed E-state index contributed by atoms with van der Waals surface area (Å²) in [4.78, 5) is 27.7. The predicted molar refractivity (Wildman–Crippen MR) is 141 cm³/mol. The van der Waals surface area contributed by atoms with Crippen molar-refractivity contribution in [3.8, 4) is 5.75 Å². The molecule has 5 rings (SSSR count). The maximum atomic E-state index is 12.8. The first kappa shape index (κ1) is 25.0. The van der Waals surface area contributed by atoms with Crippen molar-refractivity contribution >= 4 is 11.8 Å². The summed E-state index contributed by atoms with van der Waals surface area (Å²) >= 11 is 0. The minimum Gasteiger partial charge on any atom is -0.497 e. The number of nitrogens with zero attached hydrogens (tertiary/aromatic N) is 1. The van der Waals surface area contributed by atoms with E-state index >= 15 is 0 Å². The Bertz CT molecular complexity index is 1290. The number of methoxy groups -OCH3 is 1. The van der Waals surface area contributed by atoms with E-state index in [0.29, 0.717) is 23.5 Å². The van der Waals surface area contributed by atoms with E-state index in [0.717, 1.165) is 25.8 Å². The predicted octanol–water partition coefficient (Wildman–Crippen LogP) is 4.27. The van der Waals surface area contributed by atoms with Crippen LogP contribution in [-0.4, -0.2) is 41.7 Å². The number of benzene rings is 3. The summed E-state index contributed by atoms with van der Waals surface area (Å²) in [6, 6.07) is 23.0. The van der Waals surface area contributed by atoms with Crippen LogP contribution in [0.15, 0.2) is 72.8 Å². The molecular formula is C30H33N3O4. The first-order chi connectivity index (χ1) is 17.8. The minimum absolute atomic E-state index is 0.0809. The van der Waals surface area contributed by atoms with Crippen LogP contribution in [0, 0.1) is 0 Å². The van der Waals surface area contributed by atoms with Gasteiger partial charge in [0.2, 0.25) is 0 Å². The van der Waals surface area contributed by atoms with Crippen LogP contribution in [0.3, 0.4) is 0 Å². The van der Waals surface area contributed by atoms with Gasteiger partial charge < -0.3 is 9.47 Å². The molecule has 0 bridgehead atoms. The highest BCUT2D eigenvalue weighted by molar-refractivity contribution is 5.99. The number of hydrogen-bond donors (Lipinski definition) is 2. The fourth-order valence-corrected chi connectivity index (χ4v) is 5.50. The van der Waals surface area contributed by atoms with Crippen molar-refractivity contribution in [3.63, 3.8) is 0 Å². The fraction of sp³-hybridized carbons (Fsp3) is 0.333. The molecule has 1 aliphatic heterocycles. The Morgan fingerprint density at radius 3 is 2.30 bits per heavy atom. The highest BCUT2D eigenvalue weighted by Crippen LogP contribution is 2.44. The van der Waals surface area contributed by atoms with E-state index < -0.39 is 5.91 Å². The summed E-state index contributed by atoms with van der Waals surface area (Å²) in [5.74, 6) is -0.0772. The molecule has 1 saturated heterocycles. The van der Waals surface area contributed by atoms with E-state index in [1.165, 1.54) is 16.7 Å². The summed E-state index contributed by atoms with van der Waals surface area (Å²) in [6.07, 6.45) is 2.68. The van der Waals surface area contributed by atoms with E-state index in [-0.39, 0.29) is 17.2 Å². The Morgan fingerprint density at radius 2 is 1.59 bits per heavy atom. The summed E-state index contributed by atoms with van der Waals surface area (Å²) in [7, 11) is 1.57. The molecule has 7 heteroatoms. The number of amides is 2. The number of carbonyl (C=O) groups is 2.